The summed E-state index contributed by atoms with van der Waals surface area (Å²) in [4.78, 5) is 14.6. The third-order valence-electron chi connectivity index (χ3n) is 4.87. The number of hydrogen-bond acceptors (Lipinski definition) is 3. The Bertz CT molecular complexity index is 552. The number of benzene rings is 1. The molecule has 1 aromatic carbocycles. The van der Waals surface area contributed by atoms with Crippen LogP contribution in [0.4, 0.5) is 0 Å². The maximum atomic E-state index is 12.5. The number of ether oxygens (including phenoxy) is 1. The summed E-state index contributed by atoms with van der Waals surface area (Å²) in [6.45, 7) is 6.95. The number of carbonyl (C=O) groups is 1. The molecule has 2 aliphatic rings. The van der Waals surface area contributed by atoms with E-state index in [0.29, 0.717) is 12.5 Å². The quantitative estimate of drug-likeness (QED) is 0.803. The van der Waals surface area contributed by atoms with Gasteiger partial charge in [-0.25, -0.2) is 0 Å². The van der Waals surface area contributed by atoms with Gasteiger partial charge in [0.05, 0.1) is 12.5 Å². The molecule has 0 unspecified atom stereocenters. The monoisotopic (exact) mass is 366 g/mol. The van der Waals surface area contributed by atoms with Gasteiger partial charge < -0.3 is 15.0 Å². The minimum absolute atomic E-state index is 0. The van der Waals surface area contributed by atoms with Crippen LogP contribution in [0.15, 0.2) is 24.3 Å². The minimum Gasteiger partial charge on any atom is -0.491 e. The molecule has 4 nitrogen and oxygen atoms in total. The standard InChI is InChI=1S/C20H30N2O2.ClH/c1-15(2)24-19-5-3-4-17(12-19)13-20(23)22-10-8-18(9-11-22)21-14-16-6-7-16;/h3-5,12,15-16,18,21H,6-11,13-14H2,1-2H3;1H. The number of nitrogens with one attached hydrogen (secondary N) is 1. The Kier molecular flexibility index (Phi) is 7.57. The summed E-state index contributed by atoms with van der Waals surface area (Å²) in [5.41, 5.74) is 1.03. The lowest BCUT2D eigenvalue weighted by Gasteiger charge is -2.32. The second kappa shape index (κ2) is 9.44. The highest BCUT2D eigenvalue weighted by atomic mass is 35.5. The van der Waals surface area contributed by atoms with Gasteiger partial charge in [0.25, 0.3) is 0 Å². The molecule has 3 rings (SSSR count). The molecule has 0 atom stereocenters. The third-order valence-corrected chi connectivity index (χ3v) is 4.87. The number of hydrogen-bond donors (Lipinski definition) is 1. The summed E-state index contributed by atoms with van der Waals surface area (Å²) in [6.07, 6.45) is 5.56. The van der Waals surface area contributed by atoms with Gasteiger partial charge in [-0.1, -0.05) is 12.1 Å². The molecule has 1 saturated carbocycles. The summed E-state index contributed by atoms with van der Waals surface area (Å²) in [5, 5.41) is 3.66. The summed E-state index contributed by atoms with van der Waals surface area (Å²) in [6, 6.07) is 8.51. The Balaban J connectivity index is 0.00000225. The first-order valence-corrected chi connectivity index (χ1v) is 9.37. The molecule has 1 amide bonds. The molecular weight excluding hydrogens is 336 g/mol. The van der Waals surface area contributed by atoms with E-state index in [1.807, 2.05) is 43.0 Å². The zero-order valence-electron chi connectivity index (χ0n) is 15.4. The summed E-state index contributed by atoms with van der Waals surface area (Å²) in [7, 11) is 0. The molecule has 0 radical (unpaired) electrons. The van der Waals surface area contributed by atoms with Crippen LogP contribution in [0.3, 0.4) is 0 Å². The molecule has 25 heavy (non-hydrogen) atoms. The Morgan fingerprint density at radius 3 is 2.60 bits per heavy atom. The highest BCUT2D eigenvalue weighted by molar-refractivity contribution is 5.85. The third kappa shape index (κ3) is 6.52. The van der Waals surface area contributed by atoms with Gasteiger partial charge >= 0.3 is 0 Å². The van der Waals surface area contributed by atoms with Gasteiger partial charge in [0.15, 0.2) is 0 Å². The van der Waals surface area contributed by atoms with Crippen molar-refractivity contribution in [1.82, 2.24) is 10.2 Å². The smallest absolute Gasteiger partial charge is 0.226 e. The molecule has 1 N–H and O–H groups in total. The Morgan fingerprint density at radius 2 is 1.96 bits per heavy atom. The van der Waals surface area contributed by atoms with E-state index in [1.54, 1.807) is 0 Å². The SMILES string of the molecule is CC(C)Oc1cccc(CC(=O)N2CCC(NCC3CC3)CC2)c1.Cl. The van der Waals surface area contributed by atoms with E-state index < -0.39 is 0 Å². The van der Waals surface area contributed by atoms with Crippen molar-refractivity contribution in [2.45, 2.75) is 58.1 Å². The topological polar surface area (TPSA) is 41.6 Å². The number of piperidine rings is 1. The largest absolute Gasteiger partial charge is 0.491 e. The van der Waals surface area contributed by atoms with Crippen LogP contribution in [0.2, 0.25) is 0 Å². The van der Waals surface area contributed by atoms with E-state index in [1.165, 1.54) is 19.4 Å². The number of rotatable bonds is 7. The maximum Gasteiger partial charge on any atom is 0.226 e. The van der Waals surface area contributed by atoms with Gasteiger partial charge in [0.2, 0.25) is 5.91 Å². The van der Waals surface area contributed by atoms with E-state index in [4.69, 9.17) is 4.74 Å². The summed E-state index contributed by atoms with van der Waals surface area (Å²) < 4.78 is 5.71. The number of halogens is 1. The van der Waals surface area contributed by atoms with Crippen LogP contribution in [0.5, 0.6) is 5.75 Å². The molecule has 1 aliphatic carbocycles. The fourth-order valence-corrected chi connectivity index (χ4v) is 3.28. The molecule has 140 valence electrons. The lowest BCUT2D eigenvalue weighted by molar-refractivity contribution is -0.131. The fraction of sp³-hybridized carbons (Fsp3) is 0.650. The van der Waals surface area contributed by atoms with Crippen LogP contribution in [0.25, 0.3) is 0 Å². The van der Waals surface area contributed by atoms with Gasteiger partial charge in [-0.2, -0.15) is 0 Å². The van der Waals surface area contributed by atoms with E-state index in [-0.39, 0.29) is 24.4 Å². The van der Waals surface area contributed by atoms with Crippen LogP contribution in [0.1, 0.15) is 45.1 Å². The average Bonchev–Trinajstić information content (AvgIpc) is 3.37. The van der Waals surface area contributed by atoms with E-state index in [0.717, 1.165) is 43.2 Å². The van der Waals surface area contributed by atoms with Gasteiger partial charge in [-0.3, -0.25) is 4.79 Å². The van der Waals surface area contributed by atoms with Crippen LogP contribution in [0, 0.1) is 5.92 Å². The molecule has 0 bridgehead atoms. The summed E-state index contributed by atoms with van der Waals surface area (Å²) in [5.74, 6) is 2.00. The minimum atomic E-state index is 0. The second-order valence-electron chi connectivity index (χ2n) is 7.50. The second-order valence-corrected chi connectivity index (χ2v) is 7.50. The van der Waals surface area contributed by atoms with E-state index in [2.05, 4.69) is 5.32 Å². The molecule has 1 aromatic rings. The van der Waals surface area contributed by atoms with Crippen molar-refractivity contribution in [2.75, 3.05) is 19.6 Å². The van der Waals surface area contributed by atoms with E-state index in [9.17, 15) is 4.79 Å². The lowest BCUT2D eigenvalue weighted by atomic mass is 10.0. The highest BCUT2D eigenvalue weighted by Crippen LogP contribution is 2.28. The first kappa shape index (κ1) is 20.1. The zero-order valence-corrected chi connectivity index (χ0v) is 16.2. The molecule has 5 heteroatoms. The Labute approximate surface area is 157 Å². The van der Waals surface area contributed by atoms with Crippen molar-refractivity contribution in [2.24, 2.45) is 5.92 Å². The number of carbonyl (C=O) groups excluding carboxylic acids is 1. The molecule has 0 spiro atoms. The van der Waals surface area contributed by atoms with Crippen LogP contribution < -0.4 is 10.1 Å². The fourth-order valence-electron chi connectivity index (χ4n) is 3.28. The Morgan fingerprint density at radius 1 is 1.24 bits per heavy atom. The van der Waals surface area contributed by atoms with Gasteiger partial charge in [-0.15, -0.1) is 12.4 Å². The van der Waals surface area contributed by atoms with Gasteiger partial charge in [-0.05, 0) is 69.7 Å². The molecule has 1 saturated heterocycles. The zero-order chi connectivity index (χ0) is 16.9. The predicted octanol–water partition coefficient (Wildman–Crippen LogP) is 3.43. The lowest BCUT2D eigenvalue weighted by Crippen LogP contribution is -2.45. The van der Waals surface area contributed by atoms with Crippen molar-refractivity contribution in [3.63, 3.8) is 0 Å². The first-order valence-electron chi connectivity index (χ1n) is 9.37. The van der Waals surface area contributed by atoms with Gasteiger partial charge in [0.1, 0.15) is 5.75 Å². The Hall–Kier alpha value is -1.26. The molecule has 1 heterocycles. The summed E-state index contributed by atoms with van der Waals surface area (Å²) >= 11 is 0. The molecule has 1 aliphatic heterocycles. The molecule has 0 aromatic heterocycles. The van der Waals surface area contributed by atoms with Crippen molar-refractivity contribution in [1.29, 1.82) is 0 Å². The number of amides is 1. The van der Waals surface area contributed by atoms with Crippen LogP contribution in [-0.4, -0.2) is 42.6 Å². The van der Waals surface area contributed by atoms with Crippen LogP contribution in [-0.2, 0) is 11.2 Å². The molecular formula is C20H31ClN2O2. The maximum absolute atomic E-state index is 12.5. The predicted molar refractivity (Wildman–Crippen MR) is 103 cm³/mol. The van der Waals surface area contributed by atoms with Crippen molar-refractivity contribution >= 4 is 18.3 Å². The molecule has 2 fully saturated rings. The van der Waals surface area contributed by atoms with Crippen molar-refractivity contribution in [3.8, 4) is 5.75 Å². The van der Waals surface area contributed by atoms with Gasteiger partial charge in [0, 0.05) is 19.1 Å². The van der Waals surface area contributed by atoms with Crippen LogP contribution >= 0.6 is 12.4 Å². The first-order chi connectivity index (χ1) is 11.6. The normalized spacial score (nSPS) is 18.1. The van der Waals surface area contributed by atoms with E-state index >= 15 is 0 Å². The highest BCUT2D eigenvalue weighted by Gasteiger charge is 2.25. The number of nitrogens with zero attached hydrogens (tertiary/aromatic N) is 1. The number of likely N-dealkylation sites (tertiary alicyclic amines) is 1. The van der Waals surface area contributed by atoms with Crippen molar-refractivity contribution in [3.05, 3.63) is 29.8 Å². The average molecular weight is 367 g/mol. The van der Waals surface area contributed by atoms with Crippen molar-refractivity contribution < 1.29 is 9.53 Å².